The number of nitro groups is 1. The highest BCUT2D eigenvalue weighted by Gasteiger charge is 2.71. The van der Waals surface area contributed by atoms with E-state index >= 15 is 0 Å². The molecule has 0 saturated carbocycles. The number of amides is 1. The molecule has 0 bridgehead atoms. The topological polar surface area (TPSA) is 125 Å². The normalized spacial score (nSPS) is 22.4. The van der Waals surface area contributed by atoms with Crippen molar-refractivity contribution in [2.75, 3.05) is 18.1 Å². The maximum absolute atomic E-state index is 13.3. The molecule has 0 spiro atoms. The molecule has 10 heteroatoms. The van der Waals surface area contributed by atoms with E-state index in [1.165, 1.54) is 6.92 Å². The van der Waals surface area contributed by atoms with Crippen molar-refractivity contribution in [1.82, 2.24) is 0 Å². The number of hydrogen-bond acceptors (Lipinski definition) is 8. The predicted octanol–water partition coefficient (Wildman–Crippen LogP) is 4.07. The highest BCUT2D eigenvalue weighted by molar-refractivity contribution is 6.00. The summed E-state index contributed by atoms with van der Waals surface area (Å²) in [5.41, 5.74) is -1.15. The van der Waals surface area contributed by atoms with Crippen LogP contribution in [0.2, 0.25) is 0 Å². The molecule has 0 fully saturated rings. The van der Waals surface area contributed by atoms with Gasteiger partial charge in [0.1, 0.15) is 11.3 Å². The first-order valence-electron chi connectivity index (χ1n) is 11.6. The second-order valence-corrected chi connectivity index (χ2v) is 8.39. The number of hydrogen-bond donors (Lipinski definition) is 0. The predicted molar refractivity (Wildman–Crippen MR) is 128 cm³/mol. The van der Waals surface area contributed by atoms with E-state index in [0.717, 1.165) is 4.90 Å². The maximum Gasteiger partial charge on any atom is 0.415 e. The summed E-state index contributed by atoms with van der Waals surface area (Å²) in [6.07, 6.45) is -1.00. The highest BCUT2D eigenvalue weighted by Crippen LogP contribution is 2.60. The smallest absolute Gasteiger partial charge is 0.415 e. The Labute approximate surface area is 207 Å². The zero-order valence-electron chi connectivity index (χ0n) is 20.1. The number of nitrogens with zero attached hydrogens (tertiary/aromatic N) is 2. The Balaban J connectivity index is 2.13. The van der Waals surface area contributed by atoms with Gasteiger partial charge in [-0.25, -0.2) is 9.59 Å². The Bertz CT molecular complexity index is 1240. The van der Waals surface area contributed by atoms with E-state index in [9.17, 15) is 24.5 Å². The van der Waals surface area contributed by atoms with E-state index in [1.54, 1.807) is 68.4 Å². The molecule has 10 nitrogen and oxygen atoms in total. The fourth-order valence-corrected chi connectivity index (χ4v) is 5.32. The van der Waals surface area contributed by atoms with Crippen molar-refractivity contribution in [2.24, 2.45) is 0 Å². The van der Waals surface area contributed by atoms with E-state index < -0.39 is 40.5 Å². The molecule has 2 aromatic rings. The van der Waals surface area contributed by atoms with Crippen LogP contribution in [0.1, 0.15) is 44.2 Å². The molecule has 2 aliphatic rings. The van der Waals surface area contributed by atoms with E-state index in [0.29, 0.717) is 5.56 Å². The summed E-state index contributed by atoms with van der Waals surface area (Å²) in [5.74, 6) is -2.57. The van der Waals surface area contributed by atoms with Crippen LogP contribution in [0.25, 0.3) is 0 Å². The van der Waals surface area contributed by atoms with Crippen molar-refractivity contribution in [3.05, 3.63) is 87.2 Å². The molecule has 1 aliphatic carbocycles. The van der Waals surface area contributed by atoms with Gasteiger partial charge in [-0.05, 0) is 31.5 Å². The number of carbonyl (C=O) groups excluding carboxylic acids is 3. The largest absolute Gasteiger partial charge is 0.462 e. The van der Waals surface area contributed by atoms with Crippen LogP contribution in [0.4, 0.5) is 10.5 Å². The van der Waals surface area contributed by atoms with Crippen LogP contribution in [-0.2, 0) is 29.3 Å². The Hall–Kier alpha value is -4.21. The summed E-state index contributed by atoms with van der Waals surface area (Å²) in [7, 11) is 0. The van der Waals surface area contributed by atoms with Gasteiger partial charge in [0.2, 0.25) is 0 Å². The number of esters is 2. The highest BCUT2D eigenvalue weighted by atomic mass is 16.6. The molecule has 0 aromatic heterocycles. The average Bonchev–Trinajstić information content (AvgIpc) is 3.16. The monoisotopic (exact) mass is 494 g/mol. The summed E-state index contributed by atoms with van der Waals surface area (Å²) in [6.45, 7) is 4.36. The minimum absolute atomic E-state index is 0.00700. The molecule has 188 valence electrons. The number of fused-ring (bicyclic) bond motifs is 3. The van der Waals surface area contributed by atoms with E-state index in [1.807, 2.05) is 0 Å². The van der Waals surface area contributed by atoms with Gasteiger partial charge in [-0.1, -0.05) is 42.5 Å². The minimum atomic E-state index is -1.99. The Morgan fingerprint density at radius 1 is 1.03 bits per heavy atom. The van der Waals surface area contributed by atoms with Crippen molar-refractivity contribution < 1.29 is 33.5 Å². The van der Waals surface area contributed by atoms with Crippen molar-refractivity contribution in [3.63, 3.8) is 0 Å². The first-order chi connectivity index (χ1) is 17.3. The molecule has 1 aliphatic heterocycles. The molecular weight excluding hydrogens is 468 g/mol. The van der Waals surface area contributed by atoms with Crippen LogP contribution in [0.15, 0.2) is 65.9 Å². The van der Waals surface area contributed by atoms with Crippen LogP contribution in [0.5, 0.6) is 0 Å². The number of allylic oxidation sites excluding steroid dienone is 1. The molecule has 0 saturated heterocycles. The lowest BCUT2D eigenvalue weighted by atomic mass is 9.64. The molecule has 1 heterocycles. The number of anilines is 1. The van der Waals surface area contributed by atoms with Gasteiger partial charge in [0.05, 0.1) is 30.4 Å². The van der Waals surface area contributed by atoms with E-state index in [-0.39, 0.29) is 42.2 Å². The van der Waals surface area contributed by atoms with E-state index in [4.69, 9.17) is 14.2 Å². The maximum atomic E-state index is 13.3. The van der Waals surface area contributed by atoms with Gasteiger partial charge in [-0.15, -0.1) is 0 Å². The van der Waals surface area contributed by atoms with Gasteiger partial charge in [0.25, 0.3) is 5.54 Å². The summed E-state index contributed by atoms with van der Waals surface area (Å²) >= 11 is 0. The molecule has 3 atom stereocenters. The van der Waals surface area contributed by atoms with Crippen molar-refractivity contribution >= 4 is 23.7 Å². The van der Waals surface area contributed by atoms with Crippen LogP contribution in [0, 0.1) is 10.1 Å². The SMILES string of the molecule is CCOC(=O)C1=C(OC(C)=O)C[C@@H](c2ccccc2)[C@]2([N+](=O)[O-])c3ccccc3N(C(=O)OCC)[C@H]12. The van der Waals surface area contributed by atoms with Gasteiger partial charge in [0, 0.05) is 18.3 Å². The quantitative estimate of drug-likeness (QED) is 0.255. The lowest BCUT2D eigenvalue weighted by molar-refractivity contribution is -0.586. The second-order valence-electron chi connectivity index (χ2n) is 8.39. The van der Waals surface area contributed by atoms with Gasteiger partial charge < -0.3 is 14.2 Å². The van der Waals surface area contributed by atoms with Gasteiger partial charge in [-0.3, -0.25) is 19.8 Å². The average molecular weight is 495 g/mol. The summed E-state index contributed by atoms with van der Waals surface area (Å²) in [4.78, 5) is 52.6. The number of carbonyl (C=O) groups is 3. The molecule has 0 radical (unpaired) electrons. The Kier molecular flexibility index (Phi) is 6.78. The third-order valence-electron chi connectivity index (χ3n) is 6.50. The molecule has 4 rings (SSSR count). The molecule has 1 amide bonds. The Morgan fingerprint density at radius 2 is 1.67 bits per heavy atom. The summed E-state index contributed by atoms with van der Waals surface area (Å²) in [5, 5.41) is 13.2. The zero-order valence-corrected chi connectivity index (χ0v) is 20.1. The third-order valence-corrected chi connectivity index (χ3v) is 6.50. The second kappa shape index (κ2) is 9.80. The number of benzene rings is 2. The van der Waals surface area contributed by atoms with Crippen molar-refractivity contribution in [3.8, 4) is 0 Å². The third kappa shape index (κ3) is 3.78. The fraction of sp³-hybridized carbons (Fsp3) is 0.346. The number of ether oxygens (including phenoxy) is 3. The lowest BCUT2D eigenvalue weighted by Gasteiger charge is -2.41. The Morgan fingerprint density at radius 3 is 2.28 bits per heavy atom. The minimum Gasteiger partial charge on any atom is -0.462 e. The van der Waals surface area contributed by atoms with Crippen LogP contribution < -0.4 is 4.90 Å². The van der Waals surface area contributed by atoms with Gasteiger partial charge in [-0.2, -0.15) is 0 Å². The lowest BCUT2D eigenvalue weighted by Crippen LogP contribution is -2.59. The first-order valence-corrected chi connectivity index (χ1v) is 11.6. The van der Waals surface area contributed by atoms with E-state index in [2.05, 4.69) is 0 Å². The molecule has 0 N–H and O–H groups in total. The number of para-hydroxylation sites is 1. The zero-order chi connectivity index (χ0) is 26.0. The van der Waals surface area contributed by atoms with Crippen molar-refractivity contribution in [1.29, 1.82) is 0 Å². The molecular formula is C26H26N2O8. The van der Waals surface area contributed by atoms with Gasteiger partial charge >= 0.3 is 18.0 Å². The molecule has 0 unspecified atom stereocenters. The summed E-state index contributed by atoms with van der Waals surface area (Å²) < 4.78 is 16.0. The standard InChI is InChI=1S/C26H26N2O8/c1-4-34-24(30)22-21(36-16(3)29)15-19(17-11-7-6-8-12-17)26(28(32)33)18-13-9-10-14-20(18)27(23(22)26)25(31)35-5-2/h6-14,19,23H,4-5,15H2,1-3H3/t19-,23+,26+/m0/s1. The summed E-state index contributed by atoms with van der Waals surface area (Å²) in [6, 6.07) is 13.7. The van der Waals surface area contributed by atoms with Gasteiger partial charge in [0.15, 0.2) is 6.04 Å². The van der Waals surface area contributed by atoms with Crippen LogP contribution in [0.3, 0.4) is 0 Å². The number of rotatable bonds is 6. The molecule has 2 aromatic carbocycles. The van der Waals surface area contributed by atoms with Crippen LogP contribution in [-0.4, -0.2) is 42.2 Å². The van der Waals surface area contributed by atoms with Crippen LogP contribution >= 0.6 is 0 Å². The first kappa shape index (κ1) is 24.9. The molecule has 36 heavy (non-hydrogen) atoms. The fourth-order valence-electron chi connectivity index (χ4n) is 5.32. The van der Waals surface area contributed by atoms with Crippen molar-refractivity contribution in [2.45, 2.75) is 44.7 Å².